The van der Waals surface area contributed by atoms with Gasteiger partial charge in [0.2, 0.25) is 15.9 Å². The minimum Gasteiger partial charge on any atom is -0.466 e. The fraction of sp³-hybridized carbons (Fsp3) is 0.824. The maximum atomic E-state index is 12.9. The lowest BCUT2D eigenvalue weighted by Crippen LogP contribution is -2.50. The van der Waals surface area contributed by atoms with Crippen LogP contribution in [0.2, 0.25) is 0 Å². The van der Waals surface area contributed by atoms with E-state index >= 15 is 0 Å². The van der Waals surface area contributed by atoms with E-state index in [1.807, 2.05) is 0 Å². The number of hydrogen-bond acceptors (Lipinski definition) is 7. The Bertz CT molecular complexity index is 651. The summed E-state index contributed by atoms with van der Waals surface area (Å²) >= 11 is 0. The number of ether oxygens (including phenoxy) is 2. The maximum absolute atomic E-state index is 12.9. The molecule has 0 spiro atoms. The monoisotopic (exact) mass is 406 g/mol. The number of carbonyl (C=O) groups excluding carboxylic acids is 3. The largest absolute Gasteiger partial charge is 0.466 e. The molecule has 1 amide bonds. The molecule has 0 radical (unpaired) electrons. The molecule has 0 bridgehead atoms. The zero-order valence-electron chi connectivity index (χ0n) is 16.6. The molecule has 1 fully saturated rings. The SMILES string of the molecule is CCOC(=O)CCN(C(=O)C(CC(=O)OC(C)(C)C)NS(C)(=O)=O)C1CC1. The van der Waals surface area contributed by atoms with Crippen molar-refractivity contribution < 1.29 is 32.3 Å². The van der Waals surface area contributed by atoms with Crippen molar-refractivity contribution in [3.63, 3.8) is 0 Å². The van der Waals surface area contributed by atoms with Gasteiger partial charge >= 0.3 is 11.9 Å². The second-order valence-electron chi connectivity index (χ2n) is 7.55. The van der Waals surface area contributed by atoms with Crippen molar-refractivity contribution in [2.75, 3.05) is 19.4 Å². The highest BCUT2D eigenvalue weighted by molar-refractivity contribution is 7.88. The number of sulfonamides is 1. The molecular formula is C17H30N2O7S. The van der Waals surface area contributed by atoms with Crippen molar-refractivity contribution in [3.05, 3.63) is 0 Å². The number of hydrogen-bond donors (Lipinski definition) is 1. The Kier molecular flexibility index (Phi) is 8.22. The van der Waals surface area contributed by atoms with Crippen LogP contribution in [0.15, 0.2) is 0 Å². The van der Waals surface area contributed by atoms with E-state index in [1.165, 1.54) is 4.90 Å². The van der Waals surface area contributed by atoms with E-state index in [0.29, 0.717) is 0 Å². The predicted molar refractivity (Wildman–Crippen MR) is 98.2 cm³/mol. The molecule has 27 heavy (non-hydrogen) atoms. The van der Waals surface area contributed by atoms with Crippen molar-refractivity contribution >= 4 is 27.9 Å². The van der Waals surface area contributed by atoms with Gasteiger partial charge in [0.1, 0.15) is 11.6 Å². The first kappa shape index (κ1) is 23.4. The molecule has 1 aliphatic carbocycles. The smallest absolute Gasteiger partial charge is 0.308 e. The van der Waals surface area contributed by atoms with E-state index in [1.54, 1.807) is 27.7 Å². The van der Waals surface area contributed by atoms with Crippen LogP contribution < -0.4 is 4.72 Å². The quantitative estimate of drug-likeness (QED) is 0.527. The Balaban J connectivity index is 2.88. The number of amides is 1. The normalized spacial score (nSPS) is 15.7. The van der Waals surface area contributed by atoms with Crippen molar-refractivity contribution in [1.82, 2.24) is 9.62 Å². The van der Waals surface area contributed by atoms with Gasteiger partial charge in [-0.3, -0.25) is 14.4 Å². The molecule has 0 heterocycles. The lowest BCUT2D eigenvalue weighted by Gasteiger charge is -2.28. The summed E-state index contributed by atoms with van der Waals surface area (Å²) in [5.41, 5.74) is -0.754. The minimum atomic E-state index is -3.73. The van der Waals surface area contributed by atoms with E-state index in [9.17, 15) is 22.8 Å². The lowest BCUT2D eigenvalue weighted by atomic mass is 10.1. The van der Waals surface area contributed by atoms with E-state index in [-0.39, 0.29) is 25.6 Å². The van der Waals surface area contributed by atoms with Crippen LogP contribution in [0.25, 0.3) is 0 Å². The molecule has 0 aromatic rings. The molecule has 1 aliphatic rings. The lowest BCUT2D eigenvalue weighted by molar-refractivity contribution is -0.157. The topological polar surface area (TPSA) is 119 Å². The Hall–Kier alpha value is -1.68. The molecule has 1 saturated carbocycles. The molecule has 1 atom stereocenters. The number of nitrogens with one attached hydrogen (secondary N) is 1. The fourth-order valence-electron chi connectivity index (χ4n) is 2.49. The second kappa shape index (κ2) is 9.50. The highest BCUT2D eigenvalue weighted by Gasteiger charge is 2.38. The molecule has 10 heteroatoms. The van der Waals surface area contributed by atoms with E-state index in [2.05, 4.69) is 4.72 Å². The Morgan fingerprint density at radius 2 is 1.78 bits per heavy atom. The van der Waals surface area contributed by atoms with Crippen LogP contribution in [-0.4, -0.2) is 68.3 Å². The van der Waals surface area contributed by atoms with E-state index in [0.717, 1.165) is 19.1 Å². The van der Waals surface area contributed by atoms with E-state index < -0.39 is 45.9 Å². The Labute approximate surface area is 160 Å². The molecular weight excluding hydrogens is 376 g/mol. The average molecular weight is 407 g/mol. The van der Waals surface area contributed by atoms with Gasteiger partial charge in [-0.2, -0.15) is 0 Å². The van der Waals surface area contributed by atoms with E-state index in [4.69, 9.17) is 9.47 Å². The van der Waals surface area contributed by atoms with Gasteiger partial charge in [-0.15, -0.1) is 0 Å². The van der Waals surface area contributed by atoms with Crippen LogP contribution in [-0.2, 0) is 33.9 Å². The van der Waals surface area contributed by atoms with Crippen molar-refractivity contribution in [2.45, 2.75) is 71.1 Å². The summed E-state index contributed by atoms with van der Waals surface area (Å²) in [4.78, 5) is 38.1. The average Bonchev–Trinajstić information content (AvgIpc) is 3.28. The van der Waals surface area contributed by atoms with Crippen molar-refractivity contribution in [2.24, 2.45) is 0 Å². The first-order valence-corrected chi connectivity index (χ1v) is 10.9. The molecule has 156 valence electrons. The van der Waals surface area contributed by atoms with Gasteiger partial charge in [0.15, 0.2) is 0 Å². The van der Waals surface area contributed by atoms with Crippen LogP contribution in [0.1, 0.15) is 53.4 Å². The summed E-state index contributed by atoms with van der Waals surface area (Å²) < 4.78 is 35.6. The minimum absolute atomic E-state index is 0.00805. The van der Waals surface area contributed by atoms with Gasteiger partial charge < -0.3 is 14.4 Å². The number of esters is 2. The number of carbonyl (C=O) groups is 3. The summed E-state index contributed by atoms with van der Waals surface area (Å²) in [7, 11) is -3.73. The van der Waals surface area contributed by atoms with Crippen LogP contribution in [0.5, 0.6) is 0 Å². The highest BCUT2D eigenvalue weighted by Crippen LogP contribution is 2.28. The standard InChI is InChI=1S/C17H30N2O7S/c1-6-25-14(20)9-10-19(12-7-8-12)16(22)13(18-27(5,23)24)11-15(21)26-17(2,3)4/h12-13,18H,6-11H2,1-5H3. The van der Waals surface area contributed by atoms with Gasteiger partial charge in [-0.1, -0.05) is 0 Å². The van der Waals surface area contributed by atoms with Crippen molar-refractivity contribution in [1.29, 1.82) is 0 Å². The molecule has 0 aromatic carbocycles. The summed E-state index contributed by atoms with van der Waals surface area (Å²) in [5, 5.41) is 0. The third-order valence-corrected chi connectivity index (χ3v) is 4.29. The Morgan fingerprint density at radius 3 is 2.22 bits per heavy atom. The Morgan fingerprint density at radius 1 is 1.19 bits per heavy atom. The third kappa shape index (κ3) is 9.71. The number of nitrogens with zero attached hydrogens (tertiary/aromatic N) is 1. The predicted octanol–water partition coefficient (Wildman–Crippen LogP) is 0.580. The number of rotatable bonds is 10. The molecule has 0 saturated heterocycles. The fourth-order valence-corrected chi connectivity index (χ4v) is 3.19. The van der Waals surface area contributed by atoms with Crippen LogP contribution in [0.4, 0.5) is 0 Å². The van der Waals surface area contributed by atoms with Gasteiger partial charge in [0.25, 0.3) is 0 Å². The first-order chi connectivity index (χ1) is 12.3. The molecule has 0 aromatic heterocycles. The summed E-state index contributed by atoms with van der Waals surface area (Å²) in [6.45, 7) is 7.09. The van der Waals surface area contributed by atoms with Crippen molar-refractivity contribution in [3.8, 4) is 0 Å². The zero-order chi connectivity index (χ0) is 20.8. The summed E-state index contributed by atoms with van der Waals surface area (Å²) in [6, 6.07) is -1.34. The molecule has 1 unspecified atom stereocenters. The van der Waals surface area contributed by atoms with Gasteiger partial charge in [-0.25, -0.2) is 13.1 Å². The molecule has 9 nitrogen and oxygen atoms in total. The van der Waals surface area contributed by atoms with Crippen LogP contribution >= 0.6 is 0 Å². The highest BCUT2D eigenvalue weighted by atomic mass is 32.2. The van der Waals surface area contributed by atoms with Crippen LogP contribution in [0, 0.1) is 0 Å². The van der Waals surface area contributed by atoms with Crippen LogP contribution in [0.3, 0.4) is 0 Å². The summed E-state index contributed by atoms with van der Waals surface area (Å²) in [6.07, 6.45) is 2.04. The first-order valence-electron chi connectivity index (χ1n) is 8.97. The molecule has 1 rings (SSSR count). The molecule has 0 aliphatic heterocycles. The van der Waals surface area contributed by atoms with Gasteiger partial charge in [0, 0.05) is 12.6 Å². The molecule has 1 N–H and O–H groups in total. The maximum Gasteiger partial charge on any atom is 0.308 e. The van der Waals surface area contributed by atoms with Gasteiger partial charge in [0.05, 0.1) is 25.7 Å². The second-order valence-corrected chi connectivity index (χ2v) is 9.33. The third-order valence-electron chi connectivity index (χ3n) is 3.58. The van der Waals surface area contributed by atoms with Gasteiger partial charge in [-0.05, 0) is 40.5 Å². The summed E-state index contributed by atoms with van der Waals surface area (Å²) in [5.74, 6) is -1.66. The zero-order valence-corrected chi connectivity index (χ0v) is 17.4.